The summed E-state index contributed by atoms with van der Waals surface area (Å²) in [7, 11) is 0. The Hall–Kier alpha value is -1.05. The van der Waals surface area contributed by atoms with Gasteiger partial charge in [-0.1, -0.05) is 38.5 Å². The smallest absolute Gasteiger partial charge is 0.293 e. The highest BCUT2D eigenvalue weighted by molar-refractivity contribution is 5.39. The average molecular weight is 302 g/mol. The Bertz CT molecular complexity index is 516. The second kappa shape index (κ2) is 5.54. The van der Waals surface area contributed by atoms with Gasteiger partial charge < -0.3 is 4.74 Å². The summed E-state index contributed by atoms with van der Waals surface area (Å²) < 4.78 is 5.63. The summed E-state index contributed by atoms with van der Waals surface area (Å²) in [4.78, 5) is 11.0. The standard InChI is InChI=1S/C20H30O2/c1-14(2)15-6-8-17-16(12-15)7-9-18-19(17,3)10-5-11-20(18,4)22-13-21/h6,12-14,17-18H,5,7-11H2,1-4H3. The number of fused-ring (bicyclic) bond motifs is 3. The molecule has 2 nitrogen and oxygen atoms in total. The summed E-state index contributed by atoms with van der Waals surface area (Å²) in [6.45, 7) is 9.86. The summed E-state index contributed by atoms with van der Waals surface area (Å²) in [5.41, 5.74) is 3.18. The first-order valence-electron chi connectivity index (χ1n) is 8.93. The van der Waals surface area contributed by atoms with Gasteiger partial charge >= 0.3 is 0 Å². The fraction of sp³-hybridized carbons (Fsp3) is 0.750. The van der Waals surface area contributed by atoms with Gasteiger partial charge in [0.2, 0.25) is 0 Å². The second-order valence-electron chi connectivity index (χ2n) is 8.34. The predicted molar refractivity (Wildman–Crippen MR) is 89.3 cm³/mol. The largest absolute Gasteiger partial charge is 0.461 e. The predicted octanol–water partition coefficient (Wildman–Crippen LogP) is 5.05. The number of carbonyl (C=O) groups excluding carboxylic acids is 1. The van der Waals surface area contributed by atoms with Crippen LogP contribution in [0.1, 0.15) is 66.2 Å². The van der Waals surface area contributed by atoms with Gasteiger partial charge in [-0.25, -0.2) is 0 Å². The van der Waals surface area contributed by atoms with Crippen LogP contribution in [0.3, 0.4) is 0 Å². The van der Waals surface area contributed by atoms with Gasteiger partial charge in [0.25, 0.3) is 6.47 Å². The van der Waals surface area contributed by atoms with E-state index in [4.69, 9.17) is 4.74 Å². The quantitative estimate of drug-likeness (QED) is 0.682. The molecule has 122 valence electrons. The molecule has 0 amide bonds. The molecule has 0 N–H and O–H groups in total. The zero-order valence-electron chi connectivity index (χ0n) is 14.5. The van der Waals surface area contributed by atoms with Gasteiger partial charge in [0.15, 0.2) is 0 Å². The highest BCUT2D eigenvalue weighted by Gasteiger charge is 2.56. The normalized spacial score (nSPS) is 41.1. The molecule has 2 heteroatoms. The molecule has 0 radical (unpaired) electrons. The van der Waals surface area contributed by atoms with Crippen molar-refractivity contribution in [1.82, 2.24) is 0 Å². The van der Waals surface area contributed by atoms with Crippen molar-refractivity contribution in [2.75, 3.05) is 0 Å². The van der Waals surface area contributed by atoms with E-state index in [0.29, 0.717) is 24.2 Å². The number of allylic oxidation sites excluding steroid dienone is 4. The van der Waals surface area contributed by atoms with Crippen molar-refractivity contribution < 1.29 is 9.53 Å². The van der Waals surface area contributed by atoms with Crippen LogP contribution in [0.5, 0.6) is 0 Å². The zero-order chi connectivity index (χ0) is 16.0. The molecule has 0 heterocycles. The average Bonchev–Trinajstić information content (AvgIpc) is 2.46. The molecule has 4 atom stereocenters. The minimum Gasteiger partial charge on any atom is -0.461 e. The van der Waals surface area contributed by atoms with Crippen LogP contribution >= 0.6 is 0 Å². The molecule has 3 rings (SSSR count). The van der Waals surface area contributed by atoms with Gasteiger partial charge in [-0.2, -0.15) is 0 Å². The van der Waals surface area contributed by atoms with Crippen LogP contribution in [0, 0.1) is 23.2 Å². The number of hydrogen-bond donors (Lipinski definition) is 0. The van der Waals surface area contributed by atoms with Crippen LogP contribution < -0.4 is 0 Å². The second-order valence-corrected chi connectivity index (χ2v) is 8.34. The van der Waals surface area contributed by atoms with E-state index in [1.54, 1.807) is 5.57 Å². The van der Waals surface area contributed by atoms with Gasteiger partial charge in [-0.05, 0) is 68.3 Å². The van der Waals surface area contributed by atoms with Crippen molar-refractivity contribution in [3.63, 3.8) is 0 Å². The van der Waals surface area contributed by atoms with Crippen molar-refractivity contribution >= 4 is 6.47 Å². The Balaban J connectivity index is 1.91. The van der Waals surface area contributed by atoms with Gasteiger partial charge in [-0.15, -0.1) is 0 Å². The Morgan fingerprint density at radius 3 is 2.77 bits per heavy atom. The lowest BCUT2D eigenvalue weighted by Gasteiger charge is -2.58. The van der Waals surface area contributed by atoms with Crippen molar-refractivity contribution in [2.24, 2.45) is 23.2 Å². The lowest BCUT2D eigenvalue weighted by atomic mass is 9.49. The highest BCUT2D eigenvalue weighted by atomic mass is 16.5. The molecule has 2 fully saturated rings. The fourth-order valence-electron chi connectivity index (χ4n) is 5.60. The first-order valence-corrected chi connectivity index (χ1v) is 8.93. The summed E-state index contributed by atoms with van der Waals surface area (Å²) >= 11 is 0. The van der Waals surface area contributed by atoms with Crippen LogP contribution in [0.4, 0.5) is 0 Å². The molecule has 3 aliphatic carbocycles. The molecule has 0 aromatic carbocycles. The maximum Gasteiger partial charge on any atom is 0.293 e. The zero-order valence-corrected chi connectivity index (χ0v) is 14.5. The Kier molecular flexibility index (Phi) is 3.99. The number of ether oxygens (including phenoxy) is 1. The first-order chi connectivity index (χ1) is 10.4. The van der Waals surface area contributed by atoms with E-state index < -0.39 is 0 Å². The molecule has 0 aromatic rings. The summed E-state index contributed by atoms with van der Waals surface area (Å²) in [5.74, 6) is 1.76. The van der Waals surface area contributed by atoms with E-state index >= 15 is 0 Å². The molecule has 4 unspecified atom stereocenters. The molecule has 2 saturated carbocycles. The van der Waals surface area contributed by atoms with Crippen LogP contribution in [0.15, 0.2) is 23.3 Å². The SMILES string of the molecule is CC(C)C1=CCC2C(=C1)CCC1C(C)(OC=O)CCCC21C. The van der Waals surface area contributed by atoms with Gasteiger partial charge in [-0.3, -0.25) is 4.79 Å². The Labute approximate surface area is 135 Å². The van der Waals surface area contributed by atoms with E-state index in [9.17, 15) is 4.79 Å². The molecule has 0 aromatic heterocycles. The minimum absolute atomic E-state index is 0.262. The van der Waals surface area contributed by atoms with E-state index in [-0.39, 0.29) is 11.0 Å². The highest BCUT2D eigenvalue weighted by Crippen LogP contribution is 2.60. The molecule has 0 aliphatic heterocycles. The molecule has 3 aliphatic rings. The number of carbonyl (C=O) groups is 1. The molecule has 0 spiro atoms. The van der Waals surface area contributed by atoms with Gasteiger partial charge in [0.05, 0.1) is 0 Å². The lowest BCUT2D eigenvalue weighted by molar-refractivity contribution is -0.171. The molecular formula is C20H30O2. The van der Waals surface area contributed by atoms with Gasteiger partial charge in [0, 0.05) is 5.92 Å². The van der Waals surface area contributed by atoms with E-state index in [0.717, 1.165) is 12.8 Å². The van der Waals surface area contributed by atoms with Crippen molar-refractivity contribution in [3.05, 3.63) is 23.3 Å². The lowest BCUT2D eigenvalue weighted by Crippen LogP contribution is -2.55. The molecular weight excluding hydrogens is 272 g/mol. The van der Waals surface area contributed by atoms with E-state index in [1.165, 1.54) is 31.3 Å². The van der Waals surface area contributed by atoms with Crippen LogP contribution in [-0.2, 0) is 9.53 Å². The van der Waals surface area contributed by atoms with Crippen molar-refractivity contribution in [2.45, 2.75) is 71.8 Å². The Morgan fingerprint density at radius 1 is 1.32 bits per heavy atom. The topological polar surface area (TPSA) is 26.3 Å². The fourth-order valence-corrected chi connectivity index (χ4v) is 5.60. The molecule has 0 bridgehead atoms. The summed E-state index contributed by atoms with van der Waals surface area (Å²) in [5, 5.41) is 0. The van der Waals surface area contributed by atoms with Gasteiger partial charge in [0.1, 0.15) is 5.60 Å². The molecule has 22 heavy (non-hydrogen) atoms. The monoisotopic (exact) mass is 302 g/mol. The van der Waals surface area contributed by atoms with Crippen LogP contribution in [0.2, 0.25) is 0 Å². The van der Waals surface area contributed by atoms with E-state index in [1.807, 2.05) is 0 Å². The maximum absolute atomic E-state index is 11.0. The third-order valence-electron chi connectivity index (χ3n) is 6.81. The molecule has 0 saturated heterocycles. The van der Waals surface area contributed by atoms with Crippen molar-refractivity contribution in [1.29, 1.82) is 0 Å². The first kappa shape index (κ1) is 15.8. The van der Waals surface area contributed by atoms with Crippen molar-refractivity contribution in [3.8, 4) is 0 Å². The number of rotatable bonds is 3. The maximum atomic E-state index is 11.0. The third kappa shape index (κ3) is 2.35. The van der Waals surface area contributed by atoms with E-state index in [2.05, 4.69) is 39.8 Å². The van der Waals surface area contributed by atoms with Crippen LogP contribution in [0.25, 0.3) is 0 Å². The Morgan fingerprint density at radius 2 is 2.09 bits per heavy atom. The van der Waals surface area contributed by atoms with Crippen LogP contribution in [-0.4, -0.2) is 12.1 Å². The summed E-state index contributed by atoms with van der Waals surface area (Å²) in [6, 6.07) is 0. The third-order valence-corrected chi connectivity index (χ3v) is 6.81. The summed E-state index contributed by atoms with van der Waals surface area (Å²) in [6.07, 6.45) is 11.9. The minimum atomic E-state index is -0.262. The number of hydrogen-bond acceptors (Lipinski definition) is 2.